The molecule has 7 heteroatoms. The first-order valence-corrected chi connectivity index (χ1v) is 10.1. The Morgan fingerprint density at radius 3 is 2.47 bits per heavy atom. The smallest absolute Gasteiger partial charge is 0.280 e. The van der Waals surface area contributed by atoms with Gasteiger partial charge in [-0.25, -0.2) is 13.2 Å². The van der Waals surface area contributed by atoms with Crippen molar-refractivity contribution in [2.45, 2.75) is 45.2 Å². The minimum absolute atomic E-state index is 0.131. The van der Waals surface area contributed by atoms with Crippen LogP contribution in [0.15, 0.2) is 42.5 Å². The summed E-state index contributed by atoms with van der Waals surface area (Å²) in [6.45, 7) is 6.02. The Morgan fingerprint density at radius 1 is 1.13 bits per heavy atom. The highest BCUT2D eigenvalue weighted by Crippen LogP contribution is 2.35. The van der Waals surface area contributed by atoms with Crippen molar-refractivity contribution in [1.82, 2.24) is 9.88 Å². The molecule has 1 amide bonds. The normalized spacial score (nSPS) is 21.5. The molecule has 0 radical (unpaired) electrons. The third-order valence-corrected chi connectivity index (χ3v) is 5.70. The zero-order valence-electron chi connectivity index (χ0n) is 17.4. The van der Waals surface area contributed by atoms with Gasteiger partial charge in [0.05, 0.1) is 0 Å². The van der Waals surface area contributed by atoms with Crippen molar-refractivity contribution in [3.63, 3.8) is 0 Å². The van der Waals surface area contributed by atoms with E-state index in [0.717, 1.165) is 12.1 Å². The summed E-state index contributed by atoms with van der Waals surface area (Å²) in [6, 6.07) is 11.2. The topological polar surface area (TPSA) is 63.7 Å². The lowest BCUT2D eigenvalue weighted by Crippen LogP contribution is -2.72. The number of nitrogens with zero attached hydrogens (tertiary/aromatic N) is 1. The summed E-state index contributed by atoms with van der Waals surface area (Å²) >= 11 is 0. The van der Waals surface area contributed by atoms with Crippen LogP contribution in [0.5, 0.6) is 0 Å². The summed E-state index contributed by atoms with van der Waals surface area (Å²) < 4.78 is 41.2. The molecule has 0 spiro atoms. The van der Waals surface area contributed by atoms with Gasteiger partial charge in [-0.15, -0.1) is 0 Å². The lowest BCUT2D eigenvalue weighted by Gasteiger charge is -2.40. The molecule has 160 valence electrons. The Labute approximate surface area is 173 Å². The van der Waals surface area contributed by atoms with Crippen LogP contribution in [0.3, 0.4) is 0 Å². The maximum atomic E-state index is 13.9. The molecule has 0 bridgehead atoms. The van der Waals surface area contributed by atoms with Gasteiger partial charge in [0.15, 0.2) is 17.7 Å². The highest BCUT2D eigenvalue weighted by molar-refractivity contribution is 5.82. The molecule has 1 aliphatic rings. The molecule has 1 aliphatic heterocycles. The Morgan fingerprint density at radius 2 is 1.80 bits per heavy atom. The third kappa shape index (κ3) is 4.21. The van der Waals surface area contributed by atoms with Crippen LogP contribution < -0.4 is 5.73 Å². The molecular weight excluding hydrogens is 391 g/mol. The van der Waals surface area contributed by atoms with E-state index in [1.807, 2.05) is 6.07 Å². The summed E-state index contributed by atoms with van der Waals surface area (Å²) in [4.78, 5) is 16.8. The monoisotopic (exact) mass is 418 g/mol. The van der Waals surface area contributed by atoms with Gasteiger partial charge in [-0.3, -0.25) is 4.79 Å². The van der Waals surface area contributed by atoms with Crippen molar-refractivity contribution in [1.29, 1.82) is 0 Å². The van der Waals surface area contributed by atoms with E-state index in [4.69, 9.17) is 0 Å². The quantitative estimate of drug-likeness (QED) is 0.609. The number of carbonyl (C=O) groups is 1. The van der Waals surface area contributed by atoms with E-state index >= 15 is 0 Å². The molecule has 4 nitrogen and oxygen atoms in total. The molecule has 4 N–H and O–H groups in total. The number of piperidine rings is 1. The first-order valence-electron chi connectivity index (χ1n) is 10.1. The SMILES string of the molecule is CCN1C(=O)[C@@H]([NH3+])C[C@@H](c2c(F)ccc(F)c2F)[C@H]1C.Cc1cc2ccccc2[nH]1. The number of quaternary nitrogens is 1. The van der Waals surface area contributed by atoms with E-state index in [0.29, 0.717) is 6.54 Å². The summed E-state index contributed by atoms with van der Waals surface area (Å²) in [5, 5.41) is 1.29. The lowest BCUT2D eigenvalue weighted by molar-refractivity contribution is -0.411. The van der Waals surface area contributed by atoms with Gasteiger partial charge in [0, 0.05) is 41.7 Å². The Bertz CT molecular complexity index is 1020. The number of hydrogen-bond donors (Lipinski definition) is 2. The minimum atomic E-state index is -1.17. The molecule has 0 unspecified atom stereocenters. The zero-order valence-corrected chi connectivity index (χ0v) is 17.4. The summed E-state index contributed by atoms with van der Waals surface area (Å²) in [6.07, 6.45) is 0.216. The van der Waals surface area contributed by atoms with Gasteiger partial charge < -0.3 is 15.6 Å². The first-order chi connectivity index (χ1) is 14.2. The lowest BCUT2D eigenvalue weighted by atomic mass is 9.81. The van der Waals surface area contributed by atoms with Crippen LogP contribution in [-0.4, -0.2) is 34.4 Å². The second kappa shape index (κ2) is 8.92. The number of aryl methyl sites for hydroxylation is 1. The number of rotatable bonds is 2. The van der Waals surface area contributed by atoms with Gasteiger partial charge in [-0.05, 0) is 50.4 Å². The van der Waals surface area contributed by atoms with Crippen LogP contribution in [-0.2, 0) is 4.79 Å². The Hall–Kier alpha value is -2.80. The Kier molecular flexibility index (Phi) is 6.51. The van der Waals surface area contributed by atoms with Crippen molar-refractivity contribution >= 4 is 16.8 Å². The first kappa shape index (κ1) is 21.9. The number of para-hydroxylation sites is 1. The zero-order chi connectivity index (χ0) is 22.0. The van der Waals surface area contributed by atoms with E-state index < -0.39 is 35.5 Å². The summed E-state index contributed by atoms with van der Waals surface area (Å²) in [5.74, 6) is -3.74. The van der Waals surface area contributed by atoms with Crippen LogP contribution in [0.2, 0.25) is 0 Å². The average Bonchev–Trinajstić information content (AvgIpc) is 3.10. The molecule has 2 heterocycles. The van der Waals surface area contributed by atoms with Gasteiger partial charge in [0.25, 0.3) is 5.91 Å². The fraction of sp³-hybridized carbons (Fsp3) is 0.348. The number of hydrogen-bond acceptors (Lipinski definition) is 1. The van der Waals surface area contributed by atoms with Crippen LogP contribution >= 0.6 is 0 Å². The van der Waals surface area contributed by atoms with Crippen molar-refractivity contribution in [3.05, 3.63) is 71.2 Å². The number of carbonyl (C=O) groups excluding carboxylic acids is 1. The largest absolute Gasteiger partial charge is 0.359 e. The van der Waals surface area contributed by atoms with Crippen molar-refractivity contribution in [2.24, 2.45) is 0 Å². The van der Waals surface area contributed by atoms with Gasteiger partial charge in [0.1, 0.15) is 5.82 Å². The molecule has 0 saturated carbocycles. The van der Waals surface area contributed by atoms with E-state index in [2.05, 4.69) is 41.9 Å². The highest BCUT2D eigenvalue weighted by atomic mass is 19.2. The van der Waals surface area contributed by atoms with Gasteiger partial charge in [0.2, 0.25) is 0 Å². The van der Waals surface area contributed by atoms with Crippen molar-refractivity contribution < 1.29 is 23.7 Å². The number of benzene rings is 2. The van der Waals surface area contributed by atoms with E-state index in [1.165, 1.54) is 21.5 Å². The Balaban J connectivity index is 0.000000212. The molecule has 1 fully saturated rings. The number of likely N-dealkylation sites (tertiary alicyclic amines) is 1. The average molecular weight is 418 g/mol. The molecule has 1 aromatic heterocycles. The van der Waals surface area contributed by atoms with E-state index in [1.54, 1.807) is 13.8 Å². The van der Waals surface area contributed by atoms with Crippen LogP contribution in [0.25, 0.3) is 10.9 Å². The number of nitrogens with one attached hydrogen (secondary N) is 1. The maximum Gasteiger partial charge on any atom is 0.280 e. The predicted molar refractivity (Wildman–Crippen MR) is 110 cm³/mol. The van der Waals surface area contributed by atoms with Gasteiger partial charge in [-0.2, -0.15) is 0 Å². The van der Waals surface area contributed by atoms with Gasteiger partial charge in [-0.1, -0.05) is 18.2 Å². The number of fused-ring (bicyclic) bond motifs is 1. The molecule has 1 saturated heterocycles. The summed E-state index contributed by atoms with van der Waals surface area (Å²) in [7, 11) is 0. The minimum Gasteiger partial charge on any atom is -0.359 e. The number of halogens is 3. The van der Waals surface area contributed by atoms with Crippen LogP contribution in [0.4, 0.5) is 13.2 Å². The molecule has 3 atom stereocenters. The standard InChI is InChI=1S/C14H17F3N2O.C9H9N/c1-3-19-7(2)8(6-11(18)14(19)20)12-9(15)4-5-10(16)13(12)17;1-7-6-8-4-2-3-5-9(8)10-7/h4-5,7-8,11H,3,6,18H2,1-2H3;2-6,10H,1H3/p+1/t7-,8-,11+;/m1./s1. The highest BCUT2D eigenvalue weighted by Gasteiger charge is 2.42. The number of likely N-dealkylation sites (N-methyl/N-ethyl adjacent to an activating group) is 1. The van der Waals surface area contributed by atoms with E-state index in [-0.39, 0.29) is 17.9 Å². The molecule has 2 aromatic carbocycles. The molecule has 4 rings (SSSR count). The predicted octanol–water partition coefficient (Wildman–Crippen LogP) is 3.92. The number of aromatic nitrogens is 1. The molecule has 30 heavy (non-hydrogen) atoms. The maximum absolute atomic E-state index is 13.9. The summed E-state index contributed by atoms with van der Waals surface area (Å²) in [5.41, 5.74) is 5.90. The third-order valence-electron chi connectivity index (χ3n) is 5.70. The van der Waals surface area contributed by atoms with Gasteiger partial charge >= 0.3 is 0 Å². The molecule has 3 aromatic rings. The second-order valence-corrected chi connectivity index (χ2v) is 7.70. The number of H-pyrrole nitrogens is 1. The van der Waals surface area contributed by atoms with Crippen molar-refractivity contribution in [3.8, 4) is 0 Å². The molecule has 0 aliphatic carbocycles. The fourth-order valence-corrected chi connectivity index (χ4v) is 4.16. The number of amides is 1. The van der Waals surface area contributed by atoms with Crippen LogP contribution in [0.1, 0.15) is 37.4 Å². The number of aromatic amines is 1. The molecular formula is C23H27F3N3O+. The van der Waals surface area contributed by atoms with Crippen LogP contribution in [0, 0.1) is 24.4 Å². The second-order valence-electron chi connectivity index (χ2n) is 7.70. The van der Waals surface area contributed by atoms with Crippen molar-refractivity contribution in [2.75, 3.05) is 6.54 Å². The fourth-order valence-electron chi connectivity index (χ4n) is 4.16. The van der Waals surface area contributed by atoms with E-state index in [9.17, 15) is 18.0 Å².